The van der Waals surface area contributed by atoms with Crippen LogP contribution >= 0.6 is 0 Å². The molecule has 0 spiro atoms. The van der Waals surface area contributed by atoms with Crippen LogP contribution in [0.5, 0.6) is 0 Å². The van der Waals surface area contributed by atoms with Crippen LogP contribution in [-0.2, 0) is 11.0 Å². The SMILES string of the molecule is CCCCC(N)CC(Nc1ncc(C(F)(F)F)cn1)C(=O)O. The van der Waals surface area contributed by atoms with Crippen LogP contribution in [0.2, 0.25) is 0 Å². The number of nitrogens with two attached hydrogens (primary N) is 1. The third-order valence-electron chi connectivity index (χ3n) is 3.05. The van der Waals surface area contributed by atoms with E-state index >= 15 is 0 Å². The van der Waals surface area contributed by atoms with Gasteiger partial charge in [-0.1, -0.05) is 19.8 Å². The van der Waals surface area contributed by atoms with E-state index in [0.29, 0.717) is 18.8 Å². The number of nitrogens with one attached hydrogen (secondary N) is 1. The Labute approximate surface area is 125 Å². The molecule has 1 heterocycles. The van der Waals surface area contributed by atoms with Crippen molar-refractivity contribution in [1.82, 2.24) is 9.97 Å². The van der Waals surface area contributed by atoms with E-state index in [-0.39, 0.29) is 18.4 Å². The number of aliphatic carboxylic acids is 1. The zero-order valence-corrected chi connectivity index (χ0v) is 12.1. The van der Waals surface area contributed by atoms with Crippen LogP contribution in [0.3, 0.4) is 0 Å². The molecule has 0 bridgehead atoms. The second-order valence-electron chi connectivity index (χ2n) is 4.97. The summed E-state index contributed by atoms with van der Waals surface area (Å²) in [7, 11) is 0. The molecular formula is C13H19F3N4O2. The third kappa shape index (κ3) is 5.84. The minimum Gasteiger partial charge on any atom is -0.480 e. The van der Waals surface area contributed by atoms with Gasteiger partial charge in [-0.2, -0.15) is 13.2 Å². The van der Waals surface area contributed by atoms with Gasteiger partial charge in [0.15, 0.2) is 0 Å². The summed E-state index contributed by atoms with van der Waals surface area (Å²) in [6, 6.07) is -1.37. The van der Waals surface area contributed by atoms with E-state index in [1.165, 1.54) is 0 Å². The Bertz CT molecular complexity index is 479. The molecule has 0 aliphatic heterocycles. The van der Waals surface area contributed by atoms with E-state index < -0.39 is 23.8 Å². The highest BCUT2D eigenvalue weighted by Gasteiger charge is 2.31. The summed E-state index contributed by atoms with van der Waals surface area (Å²) < 4.78 is 37.2. The standard InChI is InChI=1S/C13H19F3N4O2/c1-2-3-4-9(17)5-10(11(21)22)20-12-18-6-8(7-19-12)13(14,15)16/h6-7,9-10H,2-5,17H2,1H3,(H,21,22)(H,18,19,20). The molecule has 0 radical (unpaired) electrons. The predicted molar refractivity (Wildman–Crippen MR) is 74.2 cm³/mol. The van der Waals surface area contributed by atoms with E-state index in [9.17, 15) is 18.0 Å². The summed E-state index contributed by atoms with van der Waals surface area (Å²) in [5.41, 5.74) is 4.84. The molecule has 9 heteroatoms. The number of carboxylic acid groups (broad SMARTS) is 1. The first-order valence-electron chi connectivity index (χ1n) is 6.88. The fourth-order valence-electron chi connectivity index (χ4n) is 1.81. The van der Waals surface area contributed by atoms with Crippen molar-refractivity contribution in [1.29, 1.82) is 0 Å². The van der Waals surface area contributed by atoms with Gasteiger partial charge in [0, 0.05) is 18.4 Å². The molecule has 6 nitrogen and oxygen atoms in total. The Kier molecular flexibility index (Phi) is 6.54. The van der Waals surface area contributed by atoms with Crippen LogP contribution in [0.15, 0.2) is 12.4 Å². The lowest BCUT2D eigenvalue weighted by molar-refractivity contribution is -0.139. The summed E-state index contributed by atoms with van der Waals surface area (Å²) in [5, 5.41) is 11.6. The molecule has 0 aliphatic rings. The quantitative estimate of drug-likeness (QED) is 0.679. The van der Waals surface area contributed by atoms with Gasteiger partial charge in [0.05, 0.1) is 5.56 Å². The van der Waals surface area contributed by atoms with E-state index in [1.54, 1.807) is 0 Å². The highest BCUT2D eigenvalue weighted by molar-refractivity contribution is 5.76. The number of unbranched alkanes of at least 4 members (excludes halogenated alkanes) is 1. The summed E-state index contributed by atoms with van der Waals surface area (Å²) in [6.07, 6.45) is -0.690. The molecule has 22 heavy (non-hydrogen) atoms. The number of carbonyl (C=O) groups is 1. The highest BCUT2D eigenvalue weighted by Crippen LogP contribution is 2.28. The molecule has 0 amide bonds. The van der Waals surface area contributed by atoms with E-state index in [1.807, 2.05) is 6.92 Å². The second-order valence-corrected chi connectivity index (χ2v) is 4.97. The van der Waals surface area contributed by atoms with Crippen molar-refractivity contribution in [2.75, 3.05) is 5.32 Å². The minimum absolute atomic E-state index is 0.139. The number of rotatable bonds is 8. The topological polar surface area (TPSA) is 101 Å². The van der Waals surface area contributed by atoms with Crippen molar-refractivity contribution in [2.45, 2.75) is 50.9 Å². The Balaban J connectivity index is 2.69. The van der Waals surface area contributed by atoms with Crippen molar-refractivity contribution in [3.8, 4) is 0 Å². The zero-order chi connectivity index (χ0) is 16.8. The van der Waals surface area contributed by atoms with Gasteiger partial charge in [-0.25, -0.2) is 14.8 Å². The molecule has 4 N–H and O–H groups in total. The number of halogens is 3. The lowest BCUT2D eigenvalue weighted by atomic mass is 10.0. The van der Waals surface area contributed by atoms with Crippen LogP contribution in [0.1, 0.15) is 38.2 Å². The van der Waals surface area contributed by atoms with Gasteiger partial charge >= 0.3 is 12.1 Å². The third-order valence-corrected chi connectivity index (χ3v) is 3.05. The Morgan fingerprint density at radius 3 is 2.45 bits per heavy atom. The number of hydrogen-bond acceptors (Lipinski definition) is 5. The molecule has 0 saturated carbocycles. The zero-order valence-electron chi connectivity index (χ0n) is 12.1. The van der Waals surface area contributed by atoms with Crippen LogP contribution in [0.4, 0.5) is 19.1 Å². The molecule has 0 saturated heterocycles. The first-order chi connectivity index (χ1) is 10.2. The van der Waals surface area contributed by atoms with Gasteiger partial charge in [0.25, 0.3) is 0 Å². The molecule has 1 aromatic heterocycles. The van der Waals surface area contributed by atoms with Crippen LogP contribution in [0, 0.1) is 0 Å². The fourth-order valence-corrected chi connectivity index (χ4v) is 1.81. The number of aromatic nitrogens is 2. The molecule has 0 fully saturated rings. The maximum atomic E-state index is 12.4. The van der Waals surface area contributed by atoms with E-state index in [0.717, 1.165) is 12.8 Å². The maximum Gasteiger partial charge on any atom is 0.419 e. The van der Waals surface area contributed by atoms with Crippen molar-refractivity contribution >= 4 is 11.9 Å². The lowest BCUT2D eigenvalue weighted by Crippen LogP contribution is -2.37. The highest BCUT2D eigenvalue weighted by atomic mass is 19.4. The van der Waals surface area contributed by atoms with Crippen molar-refractivity contribution in [3.05, 3.63) is 18.0 Å². The van der Waals surface area contributed by atoms with E-state index in [2.05, 4.69) is 15.3 Å². The van der Waals surface area contributed by atoms with E-state index in [4.69, 9.17) is 10.8 Å². The van der Waals surface area contributed by atoms with Crippen LogP contribution < -0.4 is 11.1 Å². The predicted octanol–water partition coefficient (Wildman–Crippen LogP) is 2.27. The Hall–Kier alpha value is -1.90. The molecule has 1 rings (SSSR count). The average Bonchev–Trinajstić information content (AvgIpc) is 2.44. The van der Waals surface area contributed by atoms with Gasteiger partial charge in [-0.15, -0.1) is 0 Å². The molecule has 124 valence electrons. The Morgan fingerprint density at radius 2 is 2.00 bits per heavy atom. The first-order valence-corrected chi connectivity index (χ1v) is 6.88. The van der Waals surface area contributed by atoms with Gasteiger partial charge in [0.1, 0.15) is 6.04 Å². The summed E-state index contributed by atoms with van der Waals surface area (Å²) in [6.45, 7) is 2.00. The van der Waals surface area contributed by atoms with Crippen molar-refractivity contribution in [3.63, 3.8) is 0 Å². The molecular weight excluding hydrogens is 301 g/mol. The fraction of sp³-hybridized carbons (Fsp3) is 0.615. The average molecular weight is 320 g/mol. The number of carboxylic acids is 1. The lowest BCUT2D eigenvalue weighted by Gasteiger charge is -2.18. The molecule has 1 aromatic rings. The normalized spacial score (nSPS) is 14.4. The Morgan fingerprint density at radius 1 is 1.41 bits per heavy atom. The van der Waals surface area contributed by atoms with Gasteiger partial charge < -0.3 is 16.2 Å². The number of alkyl halides is 3. The molecule has 0 aromatic carbocycles. The smallest absolute Gasteiger partial charge is 0.419 e. The van der Waals surface area contributed by atoms with Crippen molar-refractivity contribution in [2.24, 2.45) is 5.73 Å². The second kappa shape index (κ2) is 7.92. The first kappa shape index (κ1) is 18.1. The van der Waals surface area contributed by atoms with Gasteiger partial charge in [-0.05, 0) is 12.8 Å². The summed E-state index contributed by atoms with van der Waals surface area (Å²) >= 11 is 0. The monoisotopic (exact) mass is 320 g/mol. The van der Waals surface area contributed by atoms with Gasteiger partial charge in [0.2, 0.25) is 5.95 Å². The number of anilines is 1. The molecule has 0 aliphatic carbocycles. The molecule has 2 unspecified atom stereocenters. The minimum atomic E-state index is -4.53. The largest absolute Gasteiger partial charge is 0.480 e. The summed E-state index contributed by atoms with van der Waals surface area (Å²) in [4.78, 5) is 18.2. The maximum absolute atomic E-state index is 12.4. The van der Waals surface area contributed by atoms with Crippen LogP contribution in [0.25, 0.3) is 0 Å². The van der Waals surface area contributed by atoms with Gasteiger partial charge in [-0.3, -0.25) is 0 Å². The number of hydrogen-bond donors (Lipinski definition) is 3. The molecule has 2 atom stereocenters. The number of nitrogens with zero attached hydrogens (tertiary/aromatic N) is 2. The van der Waals surface area contributed by atoms with Crippen molar-refractivity contribution < 1.29 is 23.1 Å². The van der Waals surface area contributed by atoms with Crippen LogP contribution in [-0.4, -0.2) is 33.1 Å². The summed E-state index contributed by atoms with van der Waals surface area (Å²) in [5.74, 6) is -1.33.